The van der Waals surface area contributed by atoms with Crippen LogP contribution in [0, 0.1) is 6.92 Å². The number of amides is 1. The number of benzene rings is 2. The maximum absolute atomic E-state index is 12.6. The van der Waals surface area contributed by atoms with Gasteiger partial charge in [-0.05, 0) is 67.1 Å². The van der Waals surface area contributed by atoms with E-state index in [2.05, 4.69) is 10.0 Å². The van der Waals surface area contributed by atoms with Gasteiger partial charge in [0.1, 0.15) is 5.76 Å². The highest BCUT2D eigenvalue weighted by molar-refractivity contribution is 7.92. The van der Waals surface area contributed by atoms with Crippen LogP contribution >= 0.6 is 11.6 Å². The van der Waals surface area contributed by atoms with E-state index in [1.54, 1.807) is 49.4 Å². The van der Waals surface area contributed by atoms with E-state index >= 15 is 0 Å². The predicted molar refractivity (Wildman–Crippen MR) is 110 cm³/mol. The van der Waals surface area contributed by atoms with Gasteiger partial charge in [-0.25, -0.2) is 8.42 Å². The molecule has 0 fully saturated rings. The SMILES string of the molecule is Cc1ccc(S(=O)(=O)Nc2ccc(Cl)cc2)cc1NC(=O)/C=C/c1ccco1. The third-order valence-electron chi connectivity index (χ3n) is 3.82. The van der Waals surface area contributed by atoms with E-state index in [-0.39, 0.29) is 4.90 Å². The van der Waals surface area contributed by atoms with Gasteiger partial charge in [-0.1, -0.05) is 17.7 Å². The van der Waals surface area contributed by atoms with Crippen molar-refractivity contribution < 1.29 is 17.6 Å². The zero-order valence-corrected chi connectivity index (χ0v) is 16.4. The number of sulfonamides is 1. The maximum Gasteiger partial charge on any atom is 0.261 e. The molecule has 0 radical (unpaired) electrons. The molecule has 0 atom stereocenters. The molecule has 0 aliphatic carbocycles. The van der Waals surface area contributed by atoms with Gasteiger partial charge in [0.05, 0.1) is 11.2 Å². The van der Waals surface area contributed by atoms with Crippen molar-refractivity contribution in [1.82, 2.24) is 0 Å². The molecule has 0 bridgehead atoms. The summed E-state index contributed by atoms with van der Waals surface area (Å²) in [6.45, 7) is 1.77. The second kappa shape index (κ2) is 8.33. The monoisotopic (exact) mass is 416 g/mol. The van der Waals surface area contributed by atoms with Gasteiger partial charge in [-0.3, -0.25) is 9.52 Å². The van der Waals surface area contributed by atoms with Crippen molar-refractivity contribution in [2.75, 3.05) is 10.0 Å². The molecule has 1 amide bonds. The first kappa shape index (κ1) is 19.7. The quantitative estimate of drug-likeness (QED) is 0.570. The molecule has 0 spiro atoms. The molecule has 2 N–H and O–H groups in total. The van der Waals surface area contributed by atoms with E-state index in [1.165, 1.54) is 30.5 Å². The zero-order chi connectivity index (χ0) is 20.1. The number of carbonyl (C=O) groups excluding carboxylic acids is 1. The number of hydrogen-bond donors (Lipinski definition) is 2. The van der Waals surface area contributed by atoms with Crippen molar-refractivity contribution in [3.63, 3.8) is 0 Å². The Morgan fingerprint density at radius 2 is 1.86 bits per heavy atom. The van der Waals surface area contributed by atoms with Gasteiger partial charge < -0.3 is 9.73 Å². The van der Waals surface area contributed by atoms with Gasteiger partial charge in [0.2, 0.25) is 5.91 Å². The molecule has 1 aromatic heterocycles. The molecular formula is C20H17ClN2O4S. The molecule has 0 aliphatic heterocycles. The summed E-state index contributed by atoms with van der Waals surface area (Å²) in [5.41, 5.74) is 1.51. The number of aryl methyl sites for hydroxylation is 1. The number of halogens is 1. The van der Waals surface area contributed by atoms with Gasteiger partial charge in [0.25, 0.3) is 10.0 Å². The highest BCUT2D eigenvalue weighted by atomic mass is 35.5. The standard InChI is InChI=1S/C20H17ClN2O4S/c1-14-4-10-18(28(25,26)23-16-7-5-15(21)6-8-16)13-19(14)22-20(24)11-9-17-3-2-12-27-17/h2-13,23H,1H3,(H,22,24)/b11-9+. The second-order valence-corrected chi connectivity index (χ2v) is 8.05. The number of hydrogen-bond acceptors (Lipinski definition) is 4. The first-order valence-electron chi connectivity index (χ1n) is 8.25. The zero-order valence-electron chi connectivity index (χ0n) is 14.8. The summed E-state index contributed by atoms with van der Waals surface area (Å²) >= 11 is 5.82. The lowest BCUT2D eigenvalue weighted by Gasteiger charge is -2.12. The Labute approximate surface area is 167 Å². The van der Waals surface area contributed by atoms with Crippen LogP contribution in [0.15, 0.2) is 76.2 Å². The minimum absolute atomic E-state index is 0.0263. The van der Waals surface area contributed by atoms with E-state index in [1.807, 2.05) is 0 Å². The first-order chi connectivity index (χ1) is 13.3. The van der Waals surface area contributed by atoms with Crippen LogP contribution in [-0.2, 0) is 14.8 Å². The molecule has 3 aromatic rings. The normalized spacial score (nSPS) is 11.5. The van der Waals surface area contributed by atoms with Gasteiger partial charge >= 0.3 is 0 Å². The molecule has 0 saturated carbocycles. The van der Waals surface area contributed by atoms with Gasteiger partial charge in [0, 0.05) is 22.5 Å². The molecule has 1 heterocycles. The summed E-state index contributed by atoms with van der Waals surface area (Å²) in [5.74, 6) is 0.134. The van der Waals surface area contributed by atoms with Crippen molar-refractivity contribution in [3.8, 4) is 0 Å². The summed E-state index contributed by atoms with van der Waals surface area (Å²) in [7, 11) is -3.83. The number of furan rings is 1. The third kappa shape index (κ3) is 5.03. The molecular weight excluding hydrogens is 400 g/mol. The summed E-state index contributed by atoms with van der Waals surface area (Å²) < 4.78 is 32.9. The predicted octanol–water partition coefficient (Wildman–Crippen LogP) is 4.69. The molecule has 28 heavy (non-hydrogen) atoms. The summed E-state index contributed by atoms with van der Waals surface area (Å²) in [4.78, 5) is 12.2. The van der Waals surface area contributed by atoms with Gasteiger partial charge in [-0.15, -0.1) is 0 Å². The lowest BCUT2D eigenvalue weighted by atomic mass is 10.2. The van der Waals surface area contributed by atoms with Crippen LogP contribution in [0.4, 0.5) is 11.4 Å². The minimum Gasteiger partial charge on any atom is -0.465 e. The Hall–Kier alpha value is -3.03. The molecule has 8 heteroatoms. The van der Waals surface area contributed by atoms with Crippen LogP contribution in [0.25, 0.3) is 6.08 Å². The van der Waals surface area contributed by atoms with Crippen LogP contribution in [-0.4, -0.2) is 14.3 Å². The Bertz CT molecular complexity index is 1110. The number of nitrogens with one attached hydrogen (secondary N) is 2. The van der Waals surface area contributed by atoms with E-state index in [9.17, 15) is 13.2 Å². The van der Waals surface area contributed by atoms with Crippen LogP contribution in [0.3, 0.4) is 0 Å². The van der Waals surface area contributed by atoms with Crippen molar-refractivity contribution >= 4 is 45.0 Å². The lowest BCUT2D eigenvalue weighted by molar-refractivity contribution is -0.111. The van der Waals surface area contributed by atoms with Crippen LogP contribution in [0.1, 0.15) is 11.3 Å². The fraction of sp³-hybridized carbons (Fsp3) is 0.0500. The molecule has 0 saturated heterocycles. The fourth-order valence-electron chi connectivity index (χ4n) is 2.35. The Morgan fingerprint density at radius 1 is 1.11 bits per heavy atom. The Kier molecular flexibility index (Phi) is 5.87. The summed E-state index contributed by atoms with van der Waals surface area (Å²) in [6, 6.07) is 14.2. The Morgan fingerprint density at radius 3 is 2.54 bits per heavy atom. The molecule has 2 aromatic carbocycles. The molecule has 6 nitrogen and oxygen atoms in total. The first-order valence-corrected chi connectivity index (χ1v) is 10.1. The fourth-order valence-corrected chi connectivity index (χ4v) is 3.56. The minimum atomic E-state index is -3.83. The average Bonchev–Trinajstić information content (AvgIpc) is 3.17. The lowest BCUT2D eigenvalue weighted by Crippen LogP contribution is -2.14. The van der Waals surface area contributed by atoms with E-state index in [4.69, 9.17) is 16.0 Å². The number of carbonyl (C=O) groups is 1. The van der Waals surface area contributed by atoms with Gasteiger partial charge in [-0.2, -0.15) is 0 Å². The van der Waals surface area contributed by atoms with Crippen molar-refractivity contribution in [3.05, 3.63) is 83.3 Å². The van der Waals surface area contributed by atoms with E-state index in [0.717, 1.165) is 5.56 Å². The highest BCUT2D eigenvalue weighted by Gasteiger charge is 2.16. The maximum atomic E-state index is 12.6. The van der Waals surface area contributed by atoms with Gasteiger partial charge in [0.15, 0.2) is 0 Å². The van der Waals surface area contributed by atoms with Crippen LogP contribution in [0.2, 0.25) is 5.02 Å². The van der Waals surface area contributed by atoms with Crippen LogP contribution in [0.5, 0.6) is 0 Å². The average molecular weight is 417 g/mol. The van der Waals surface area contributed by atoms with Crippen molar-refractivity contribution in [2.24, 2.45) is 0 Å². The third-order valence-corrected chi connectivity index (χ3v) is 5.45. The molecule has 0 aliphatic rings. The summed E-state index contributed by atoms with van der Waals surface area (Å²) in [6.07, 6.45) is 4.34. The highest BCUT2D eigenvalue weighted by Crippen LogP contribution is 2.23. The second-order valence-electron chi connectivity index (χ2n) is 5.93. The van der Waals surface area contributed by atoms with E-state index in [0.29, 0.717) is 22.2 Å². The van der Waals surface area contributed by atoms with Crippen molar-refractivity contribution in [2.45, 2.75) is 11.8 Å². The molecule has 0 unspecified atom stereocenters. The van der Waals surface area contributed by atoms with Crippen molar-refractivity contribution in [1.29, 1.82) is 0 Å². The largest absolute Gasteiger partial charge is 0.465 e. The number of anilines is 2. The van der Waals surface area contributed by atoms with E-state index < -0.39 is 15.9 Å². The number of rotatable bonds is 6. The van der Waals surface area contributed by atoms with Crippen LogP contribution < -0.4 is 10.0 Å². The molecule has 3 rings (SSSR count). The Balaban J connectivity index is 1.78. The summed E-state index contributed by atoms with van der Waals surface area (Å²) in [5, 5.41) is 3.18. The molecule has 144 valence electrons. The smallest absolute Gasteiger partial charge is 0.261 e. The topological polar surface area (TPSA) is 88.4 Å².